The Hall–Kier alpha value is -2.82. The summed E-state index contributed by atoms with van der Waals surface area (Å²) in [5.41, 5.74) is 8.43. The molecule has 0 saturated carbocycles. The molecule has 0 atom stereocenters. The van der Waals surface area contributed by atoms with Crippen LogP contribution in [0.2, 0.25) is 0 Å². The van der Waals surface area contributed by atoms with Crippen LogP contribution in [0, 0.1) is 20.2 Å². The summed E-state index contributed by atoms with van der Waals surface area (Å²) in [6.45, 7) is 0.0929. The topological polar surface area (TPSA) is 140 Å². The van der Waals surface area contributed by atoms with Gasteiger partial charge in [0.2, 0.25) is 0 Å². The van der Waals surface area contributed by atoms with Gasteiger partial charge in [-0.15, -0.1) is 0 Å². The molecule has 0 aromatic heterocycles. The number of hydrazine groups is 1. The van der Waals surface area contributed by atoms with E-state index in [4.69, 9.17) is 5.73 Å². The number of nitrogens with one attached hydrogen (secondary N) is 1. The number of nitrogens with two attached hydrogens (primary N) is 1. The van der Waals surface area contributed by atoms with E-state index in [1.807, 2.05) is 0 Å². The van der Waals surface area contributed by atoms with Crippen molar-refractivity contribution in [2.24, 2.45) is 10.8 Å². The summed E-state index contributed by atoms with van der Waals surface area (Å²) in [4.78, 5) is 21.3. The molecule has 10 nitrogen and oxygen atoms in total. The van der Waals surface area contributed by atoms with Crippen LogP contribution in [0.1, 0.15) is 12.0 Å². The number of non-ortho nitro benzene ring substituents is 1. The Morgan fingerprint density at radius 1 is 1.43 bits per heavy atom. The zero-order valence-electron chi connectivity index (χ0n) is 10.6. The Balaban J connectivity index is 2.52. The molecule has 1 aliphatic rings. The Morgan fingerprint density at radius 2 is 2.14 bits per heavy atom. The number of hydrazone groups is 1. The fourth-order valence-corrected chi connectivity index (χ4v) is 2.01. The second kappa shape index (κ2) is 5.66. The maximum absolute atomic E-state index is 11.0. The summed E-state index contributed by atoms with van der Waals surface area (Å²) in [6.07, 6.45) is 0.227. The molecular weight excluding hydrogens is 300 g/mol. The van der Waals surface area contributed by atoms with Crippen LogP contribution >= 0.6 is 12.2 Å². The van der Waals surface area contributed by atoms with Crippen LogP contribution in [0.5, 0.6) is 0 Å². The highest BCUT2D eigenvalue weighted by molar-refractivity contribution is 7.80. The highest BCUT2D eigenvalue weighted by Crippen LogP contribution is 2.30. The summed E-state index contributed by atoms with van der Waals surface area (Å²) < 4.78 is 0. The Kier molecular flexibility index (Phi) is 3.93. The Morgan fingerprint density at radius 3 is 2.71 bits per heavy atom. The molecule has 1 aromatic carbocycles. The smallest absolute Gasteiger partial charge is 0.270 e. The molecule has 2 rings (SSSR count). The molecule has 1 heterocycles. The second-order valence-corrected chi connectivity index (χ2v) is 4.54. The molecule has 0 bridgehead atoms. The van der Waals surface area contributed by atoms with E-state index >= 15 is 0 Å². The first-order chi connectivity index (χ1) is 9.90. The van der Waals surface area contributed by atoms with Crippen LogP contribution in [0.15, 0.2) is 23.3 Å². The van der Waals surface area contributed by atoms with Crippen molar-refractivity contribution in [1.29, 1.82) is 0 Å². The van der Waals surface area contributed by atoms with Gasteiger partial charge >= 0.3 is 0 Å². The Labute approximate surface area is 123 Å². The average molecular weight is 310 g/mol. The third-order valence-corrected chi connectivity index (χ3v) is 2.93. The lowest BCUT2D eigenvalue weighted by Gasteiger charge is -2.23. The van der Waals surface area contributed by atoms with E-state index in [1.54, 1.807) is 0 Å². The maximum Gasteiger partial charge on any atom is 0.270 e. The van der Waals surface area contributed by atoms with Crippen molar-refractivity contribution in [3.8, 4) is 0 Å². The summed E-state index contributed by atoms with van der Waals surface area (Å²) in [5, 5.41) is 26.1. The molecule has 1 aromatic rings. The third-order valence-electron chi connectivity index (χ3n) is 2.84. The van der Waals surface area contributed by atoms with Crippen molar-refractivity contribution in [3.05, 3.63) is 44.0 Å². The molecule has 3 N–H and O–H groups in total. The van der Waals surface area contributed by atoms with Crippen molar-refractivity contribution in [2.75, 3.05) is 11.6 Å². The molecule has 11 heteroatoms. The van der Waals surface area contributed by atoms with Crippen LogP contribution in [0.25, 0.3) is 0 Å². The summed E-state index contributed by atoms with van der Waals surface area (Å²) in [5.74, 6) is 0. The fourth-order valence-electron chi connectivity index (χ4n) is 1.97. The molecule has 0 amide bonds. The third kappa shape index (κ3) is 3.02. The lowest BCUT2D eigenvalue weighted by Crippen LogP contribution is -2.38. The first kappa shape index (κ1) is 14.6. The molecule has 110 valence electrons. The van der Waals surface area contributed by atoms with Crippen molar-refractivity contribution >= 4 is 34.4 Å². The minimum Gasteiger partial charge on any atom is -0.375 e. The number of thiocarbonyl (C=S) groups is 1. The van der Waals surface area contributed by atoms with E-state index in [0.717, 1.165) is 5.01 Å². The van der Waals surface area contributed by atoms with Crippen molar-refractivity contribution in [1.82, 2.24) is 5.43 Å². The number of hydrogen-bond acceptors (Lipinski definition) is 6. The van der Waals surface area contributed by atoms with Crippen LogP contribution in [-0.2, 0) is 0 Å². The number of nitrogens with zero attached hydrogens (tertiary/aromatic N) is 4. The highest BCUT2D eigenvalue weighted by atomic mass is 32.1. The number of nitro groups is 2. The first-order valence-electron chi connectivity index (χ1n) is 5.73. The standard InChI is InChI=1S/C10H10N6O4S/c11-10(21)13-12-8-3-4-14(16(19)20)9-2-1-6(15(17)18)5-7(8)9/h1-2,5H,3-4H2,(H3,11,13,21)/b12-8+. The first-order valence-corrected chi connectivity index (χ1v) is 6.13. The van der Waals surface area contributed by atoms with Crippen LogP contribution < -0.4 is 16.2 Å². The molecule has 0 spiro atoms. The summed E-state index contributed by atoms with van der Waals surface area (Å²) in [6, 6.07) is 3.77. The number of fused-ring (bicyclic) bond motifs is 1. The van der Waals surface area contributed by atoms with E-state index in [1.165, 1.54) is 18.2 Å². The van der Waals surface area contributed by atoms with Crippen LogP contribution in [0.3, 0.4) is 0 Å². The van der Waals surface area contributed by atoms with E-state index in [2.05, 4.69) is 22.7 Å². The summed E-state index contributed by atoms with van der Waals surface area (Å²) >= 11 is 4.63. The van der Waals surface area contributed by atoms with Crippen molar-refractivity contribution < 1.29 is 9.96 Å². The molecule has 0 aliphatic carbocycles. The van der Waals surface area contributed by atoms with Gasteiger partial charge in [0.05, 0.1) is 17.2 Å². The summed E-state index contributed by atoms with van der Waals surface area (Å²) in [7, 11) is 0. The van der Waals surface area contributed by atoms with Gasteiger partial charge in [0.1, 0.15) is 5.69 Å². The highest BCUT2D eigenvalue weighted by Gasteiger charge is 2.30. The zero-order valence-corrected chi connectivity index (χ0v) is 11.4. The second-order valence-electron chi connectivity index (χ2n) is 4.10. The normalized spacial score (nSPS) is 15.4. The quantitative estimate of drug-likeness (QED) is 0.468. The van der Waals surface area contributed by atoms with Gasteiger partial charge in [0, 0.05) is 24.1 Å². The molecule has 0 unspecified atom stereocenters. The van der Waals surface area contributed by atoms with Gasteiger partial charge in [0.15, 0.2) is 10.1 Å². The molecule has 1 aliphatic heterocycles. The lowest BCUT2D eigenvalue weighted by molar-refractivity contribution is -0.494. The van der Waals surface area contributed by atoms with Crippen molar-refractivity contribution in [3.63, 3.8) is 0 Å². The van der Waals surface area contributed by atoms with Gasteiger partial charge in [-0.25, -0.2) is 10.1 Å². The number of benzene rings is 1. The van der Waals surface area contributed by atoms with Gasteiger partial charge in [0.25, 0.3) is 5.69 Å². The number of nitro benzene ring substituents is 1. The monoisotopic (exact) mass is 310 g/mol. The molecular formula is C10H10N6O4S. The van der Waals surface area contributed by atoms with Crippen molar-refractivity contribution in [2.45, 2.75) is 6.42 Å². The predicted molar refractivity (Wildman–Crippen MR) is 78.5 cm³/mol. The Bertz CT molecular complexity index is 661. The number of hydrogen-bond donors (Lipinski definition) is 2. The van der Waals surface area contributed by atoms with E-state index in [-0.39, 0.29) is 29.5 Å². The van der Waals surface area contributed by atoms with Crippen LogP contribution in [-0.4, -0.2) is 27.3 Å². The predicted octanol–water partition coefficient (Wildman–Crippen LogP) is 0.534. The fraction of sp³-hybridized carbons (Fsp3) is 0.200. The van der Waals surface area contributed by atoms with Crippen LogP contribution in [0.4, 0.5) is 11.4 Å². The molecule has 0 fully saturated rings. The van der Waals surface area contributed by atoms with E-state index in [9.17, 15) is 20.2 Å². The minimum atomic E-state index is -0.579. The van der Waals surface area contributed by atoms with Gasteiger partial charge in [-0.3, -0.25) is 15.5 Å². The average Bonchev–Trinajstić information content (AvgIpc) is 2.43. The minimum absolute atomic E-state index is 0.0637. The lowest BCUT2D eigenvalue weighted by atomic mass is 10.00. The van der Waals surface area contributed by atoms with Gasteiger partial charge in [-0.1, -0.05) is 5.01 Å². The largest absolute Gasteiger partial charge is 0.375 e. The molecule has 0 saturated heterocycles. The van der Waals surface area contributed by atoms with E-state index in [0.29, 0.717) is 11.3 Å². The maximum atomic E-state index is 11.0. The number of rotatable bonds is 3. The number of anilines is 1. The van der Waals surface area contributed by atoms with Gasteiger partial charge in [-0.2, -0.15) is 5.10 Å². The van der Waals surface area contributed by atoms with Gasteiger partial charge < -0.3 is 5.73 Å². The SMILES string of the molecule is NC(=S)N/N=C1\CCN([N+](=O)[O-])c2ccc([N+](=O)[O-])cc21. The van der Waals surface area contributed by atoms with E-state index < -0.39 is 9.96 Å². The van der Waals surface area contributed by atoms with Gasteiger partial charge in [-0.05, 0) is 18.3 Å². The zero-order chi connectivity index (χ0) is 15.6. The molecule has 21 heavy (non-hydrogen) atoms. The molecule has 0 radical (unpaired) electrons.